The molecule has 3 amide bonds. The van der Waals surface area contributed by atoms with Crippen molar-refractivity contribution in [1.82, 2.24) is 14.5 Å². The second-order valence-electron chi connectivity index (χ2n) is 10.0. The standard InChI is InChI=1S/C27H35N3O6S/c1-6-22(25(32)28-27(2,3)4)29(18-19-13-15-20(36-5)16-14-19)24(31)12-9-17-30-26(33)21-10-7-8-11-23(21)37(30,34)35/h7-8,10-11,13-16,22H,6,9,12,17-18H2,1-5H3,(H,28,32). The SMILES string of the molecule is CCC(C(=O)NC(C)(C)C)N(Cc1ccc(OC)cc1)C(=O)CCCN1C(=O)c2ccccc2S1(=O)=O. The fraction of sp³-hybridized carbons (Fsp3) is 0.444. The van der Waals surface area contributed by atoms with Gasteiger partial charge in [0.1, 0.15) is 16.7 Å². The van der Waals surface area contributed by atoms with E-state index in [2.05, 4.69) is 5.32 Å². The highest BCUT2D eigenvalue weighted by molar-refractivity contribution is 7.90. The number of carbonyl (C=O) groups is 3. The number of rotatable bonds is 10. The molecule has 1 heterocycles. The number of sulfonamides is 1. The van der Waals surface area contributed by atoms with Crippen LogP contribution in [-0.4, -0.2) is 60.6 Å². The molecule has 0 aromatic heterocycles. The monoisotopic (exact) mass is 529 g/mol. The van der Waals surface area contributed by atoms with E-state index in [0.29, 0.717) is 12.2 Å². The Kier molecular flexibility index (Phi) is 8.63. The van der Waals surface area contributed by atoms with Gasteiger partial charge in [0.2, 0.25) is 11.8 Å². The average Bonchev–Trinajstić information content (AvgIpc) is 3.03. The van der Waals surface area contributed by atoms with E-state index in [-0.39, 0.29) is 48.2 Å². The highest BCUT2D eigenvalue weighted by Gasteiger charge is 2.40. The maximum absolute atomic E-state index is 13.4. The molecule has 1 unspecified atom stereocenters. The van der Waals surface area contributed by atoms with Crippen LogP contribution in [0.5, 0.6) is 5.75 Å². The second kappa shape index (κ2) is 11.3. The van der Waals surface area contributed by atoms with E-state index in [1.807, 2.05) is 39.8 Å². The number of nitrogens with one attached hydrogen (secondary N) is 1. The van der Waals surface area contributed by atoms with Crippen LogP contribution in [0.2, 0.25) is 0 Å². The van der Waals surface area contributed by atoms with Gasteiger partial charge in [0.25, 0.3) is 15.9 Å². The molecule has 2 aromatic carbocycles. The van der Waals surface area contributed by atoms with Gasteiger partial charge in [0, 0.05) is 25.0 Å². The zero-order valence-electron chi connectivity index (χ0n) is 22.0. The Bertz CT molecular complexity index is 1250. The third-order valence-electron chi connectivity index (χ3n) is 6.06. The van der Waals surface area contributed by atoms with E-state index in [1.165, 1.54) is 17.0 Å². The van der Waals surface area contributed by atoms with Crippen LogP contribution < -0.4 is 10.1 Å². The molecule has 37 heavy (non-hydrogen) atoms. The molecule has 2 aromatic rings. The lowest BCUT2D eigenvalue weighted by molar-refractivity contribution is -0.142. The fourth-order valence-corrected chi connectivity index (χ4v) is 5.88. The summed E-state index contributed by atoms with van der Waals surface area (Å²) < 4.78 is 31.7. The summed E-state index contributed by atoms with van der Waals surface area (Å²) in [5, 5.41) is 2.95. The second-order valence-corrected chi connectivity index (χ2v) is 11.8. The van der Waals surface area contributed by atoms with E-state index in [1.54, 1.807) is 31.4 Å². The third-order valence-corrected chi connectivity index (χ3v) is 7.90. The average molecular weight is 530 g/mol. The molecule has 10 heteroatoms. The lowest BCUT2D eigenvalue weighted by atomic mass is 10.0. The van der Waals surface area contributed by atoms with Crippen LogP contribution in [0, 0.1) is 0 Å². The van der Waals surface area contributed by atoms with Gasteiger partial charge in [-0.1, -0.05) is 31.2 Å². The fourth-order valence-electron chi connectivity index (χ4n) is 4.27. The van der Waals surface area contributed by atoms with Gasteiger partial charge in [0.05, 0.1) is 12.7 Å². The van der Waals surface area contributed by atoms with Crippen molar-refractivity contribution in [3.63, 3.8) is 0 Å². The first-order valence-corrected chi connectivity index (χ1v) is 13.7. The number of benzene rings is 2. The summed E-state index contributed by atoms with van der Waals surface area (Å²) in [4.78, 5) is 40.7. The molecule has 1 atom stereocenters. The van der Waals surface area contributed by atoms with Crippen molar-refractivity contribution in [1.29, 1.82) is 0 Å². The molecule has 0 aliphatic carbocycles. The van der Waals surface area contributed by atoms with E-state index >= 15 is 0 Å². The molecule has 0 saturated carbocycles. The lowest BCUT2D eigenvalue weighted by Gasteiger charge is -2.33. The van der Waals surface area contributed by atoms with Gasteiger partial charge in [-0.3, -0.25) is 14.4 Å². The predicted octanol–water partition coefficient (Wildman–Crippen LogP) is 3.34. The molecule has 1 N–H and O–H groups in total. The summed E-state index contributed by atoms with van der Waals surface area (Å²) in [6.45, 7) is 7.54. The summed E-state index contributed by atoms with van der Waals surface area (Å²) >= 11 is 0. The van der Waals surface area contributed by atoms with E-state index < -0.39 is 27.5 Å². The number of hydrogen-bond acceptors (Lipinski definition) is 6. The van der Waals surface area contributed by atoms with Crippen molar-refractivity contribution in [2.24, 2.45) is 0 Å². The summed E-state index contributed by atoms with van der Waals surface area (Å²) in [6, 6.07) is 12.6. The molecule has 1 aliphatic heterocycles. The number of carbonyl (C=O) groups excluding carboxylic acids is 3. The summed E-state index contributed by atoms with van der Waals surface area (Å²) in [5.74, 6) is -0.469. The largest absolute Gasteiger partial charge is 0.497 e. The third kappa shape index (κ3) is 6.49. The van der Waals surface area contributed by atoms with Crippen molar-refractivity contribution in [2.75, 3.05) is 13.7 Å². The molecular formula is C27H35N3O6S. The predicted molar refractivity (Wildman–Crippen MR) is 139 cm³/mol. The molecule has 0 bridgehead atoms. The molecule has 9 nitrogen and oxygen atoms in total. The van der Waals surface area contributed by atoms with Gasteiger partial charge in [0.15, 0.2) is 0 Å². The van der Waals surface area contributed by atoms with Crippen molar-refractivity contribution < 1.29 is 27.5 Å². The minimum Gasteiger partial charge on any atom is -0.497 e. The van der Waals surface area contributed by atoms with Gasteiger partial charge in [-0.25, -0.2) is 12.7 Å². The molecule has 0 saturated heterocycles. The Labute approximate surface area is 218 Å². The number of hydrogen-bond donors (Lipinski definition) is 1. The Morgan fingerprint density at radius 3 is 2.30 bits per heavy atom. The Morgan fingerprint density at radius 2 is 1.73 bits per heavy atom. The Hall–Kier alpha value is -3.40. The number of nitrogens with zero attached hydrogens (tertiary/aromatic N) is 2. The van der Waals surface area contributed by atoms with Gasteiger partial charge in [-0.15, -0.1) is 0 Å². The number of ether oxygens (including phenoxy) is 1. The molecule has 3 rings (SSSR count). The summed E-state index contributed by atoms with van der Waals surface area (Å²) in [7, 11) is -2.37. The van der Waals surface area contributed by atoms with Crippen molar-refractivity contribution in [2.45, 2.75) is 70.0 Å². The van der Waals surface area contributed by atoms with Crippen LogP contribution in [0.25, 0.3) is 0 Å². The van der Waals surface area contributed by atoms with Gasteiger partial charge < -0.3 is 15.0 Å². The van der Waals surface area contributed by atoms with E-state index in [4.69, 9.17) is 4.74 Å². The number of amides is 3. The molecule has 200 valence electrons. The zero-order valence-corrected chi connectivity index (χ0v) is 22.8. The summed E-state index contributed by atoms with van der Waals surface area (Å²) in [5.41, 5.74) is 0.488. The van der Waals surface area contributed by atoms with Crippen LogP contribution in [0.3, 0.4) is 0 Å². The maximum atomic E-state index is 13.4. The van der Waals surface area contributed by atoms with Gasteiger partial charge >= 0.3 is 0 Å². The molecule has 1 aliphatic rings. The maximum Gasteiger partial charge on any atom is 0.269 e. The van der Waals surface area contributed by atoms with Gasteiger partial charge in [-0.05, 0) is 63.4 Å². The minimum atomic E-state index is -3.94. The minimum absolute atomic E-state index is 0.0163. The van der Waals surface area contributed by atoms with Gasteiger partial charge in [-0.2, -0.15) is 0 Å². The first-order chi connectivity index (χ1) is 17.4. The molecular weight excluding hydrogens is 494 g/mol. The first kappa shape index (κ1) is 28.2. The summed E-state index contributed by atoms with van der Waals surface area (Å²) in [6.07, 6.45) is 0.511. The van der Waals surface area contributed by atoms with Crippen molar-refractivity contribution in [3.8, 4) is 5.75 Å². The Morgan fingerprint density at radius 1 is 1.08 bits per heavy atom. The topological polar surface area (TPSA) is 113 Å². The highest BCUT2D eigenvalue weighted by Crippen LogP contribution is 2.30. The van der Waals surface area contributed by atoms with Crippen LogP contribution in [0.4, 0.5) is 0 Å². The zero-order chi connectivity index (χ0) is 27.4. The highest BCUT2D eigenvalue weighted by atomic mass is 32.2. The van der Waals surface area contributed by atoms with Crippen LogP contribution in [0.15, 0.2) is 53.4 Å². The molecule has 0 radical (unpaired) electrons. The van der Waals surface area contributed by atoms with Crippen LogP contribution in [-0.2, 0) is 26.2 Å². The van der Waals surface area contributed by atoms with Crippen molar-refractivity contribution in [3.05, 3.63) is 59.7 Å². The first-order valence-electron chi connectivity index (χ1n) is 12.3. The normalized spacial score (nSPS) is 15.2. The van der Waals surface area contributed by atoms with E-state index in [9.17, 15) is 22.8 Å². The number of fused-ring (bicyclic) bond motifs is 1. The van der Waals surface area contributed by atoms with Crippen LogP contribution in [0.1, 0.15) is 62.9 Å². The van der Waals surface area contributed by atoms with Crippen molar-refractivity contribution >= 4 is 27.7 Å². The van der Waals surface area contributed by atoms with Crippen LogP contribution >= 0.6 is 0 Å². The number of methoxy groups -OCH3 is 1. The molecule has 0 spiro atoms. The Balaban J connectivity index is 1.76. The smallest absolute Gasteiger partial charge is 0.269 e. The molecule has 0 fully saturated rings. The van der Waals surface area contributed by atoms with E-state index in [0.717, 1.165) is 9.87 Å². The lowest BCUT2D eigenvalue weighted by Crippen LogP contribution is -2.53. The quantitative estimate of drug-likeness (QED) is 0.505.